The minimum Gasteiger partial charge on any atom is -0.497 e. The zero-order valence-electron chi connectivity index (χ0n) is 14.4. The van der Waals surface area contributed by atoms with Gasteiger partial charge in [0.1, 0.15) is 11.8 Å². The molecular formula is C17H27N3O3. The average Bonchev–Trinajstić information content (AvgIpc) is 2.52. The normalized spacial score (nSPS) is 11.9. The Morgan fingerprint density at radius 1 is 1.26 bits per heavy atom. The molecule has 1 aromatic carbocycles. The predicted octanol–water partition coefficient (Wildman–Crippen LogP) is 1.16. The van der Waals surface area contributed by atoms with Crippen molar-refractivity contribution in [3.05, 3.63) is 29.8 Å². The van der Waals surface area contributed by atoms with E-state index in [1.165, 1.54) is 0 Å². The summed E-state index contributed by atoms with van der Waals surface area (Å²) >= 11 is 0. The van der Waals surface area contributed by atoms with Crippen molar-refractivity contribution >= 4 is 11.8 Å². The maximum atomic E-state index is 12.0. The van der Waals surface area contributed by atoms with Gasteiger partial charge >= 0.3 is 0 Å². The zero-order valence-corrected chi connectivity index (χ0v) is 14.4. The molecule has 0 saturated heterocycles. The highest BCUT2D eigenvalue weighted by atomic mass is 16.5. The van der Waals surface area contributed by atoms with Crippen molar-refractivity contribution in [3.8, 4) is 5.75 Å². The van der Waals surface area contributed by atoms with Crippen molar-refractivity contribution in [1.29, 1.82) is 0 Å². The van der Waals surface area contributed by atoms with Crippen LogP contribution in [0.1, 0.15) is 25.8 Å². The molecule has 1 atom stereocenters. The van der Waals surface area contributed by atoms with Crippen molar-refractivity contribution in [3.63, 3.8) is 0 Å². The Bertz CT molecular complexity index is 502. The lowest BCUT2D eigenvalue weighted by atomic mass is 10.2. The first-order valence-corrected chi connectivity index (χ1v) is 7.84. The second-order valence-corrected chi connectivity index (χ2v) is 5.60. The molecule has 0 saturated carbocycles. The number of amides is 2. The van der Waals surface area contributed by atoms with Gasteiger partial charge in [-0.05, 0) is 38.1 Å². The summed E-state index contributed by atoms with van der Waals surface area (Å²) in [6, 6.07) is 7.19. The van der Waals surface area contributed by atoms with Crippen LogP contribution in [0.2, 0.25) is 0 Å². The number of carbonyl (C=O) groups excluding carboxylic acids is 2. The molecule has 0 aliphatic carbocycles. The molecule has 2 amide bonds. The third kappa shape index (κ3) is 7.15. The molecule has 0 heterocycles. The number of nitrogens with zero attached hydrogens (tertiary/aromatic N) is 1. The molecule has 0 bridgehead atoms. The molecule has 0 fully saturated rings. The lowest BCUT2D eigenvalue weighted by molar-refractivity contribution is -0.129. The maximum Gasteiger partial charge on any atom is 0.242 e. The fourth-order valence-corrected chi connectivity index (χ4v) is 2.10. The van der Waals surface area contributed by atoms with E-state index in [-0.39, 0.29) is 18.4 Å². The van der Waals surface area contributed by atoms with Gasteiger partial charge in [-0.1, -0.05) is 19.1 Å². The van der Waals surface area contributed by atoms with Crippen molar-refractivity contribution in [2.75, 3.05) is 27.2 Å². The predicted molar refractivity (Wildman–Crippen MR) is 90.2 cm³/mol. The van der Waals surface area contributed by atoms with Crippen molar-refractivity contribution in [2.45, 2.75) is 32.9 Å². The van der Waals surface area contributed by atoms with Gasteiger partial charge in [0.05, 0.1) is 13.7 Å². The molecular weight excluding hydrogens is 294 g/mol. The molecule has 6 heteroatoms. The molecule has 0 aromatic heterocycles. The smallest absolute Gasteiger partial charge is 0.242 e. The molecule has 1 rings (SSSR count). The lowest BCUT2D eigenvalue weighted by Crippen LogP contribution is -2.47. The number of likely N-dealkylation sites (N-methyl/N-ethyl adjacent to an activating group) is 1. The largest absolute Gasteiger partial charge is 0.497 e. The van der Waals surface area contributed by atoms with Crippen molar-refractivity contribution in [1.82, 2.24) is 15.5 Å². The van der Waals surface area contributed by atoms with Crippen LogP contribution in [-0.2, 0) is 16.1 Å². The lowest BCUT2D eigenvalue weighted by Gasteiger charge is -2.19. The van der Waals surface area contributed by atoms with Gasteiger partial charge in [-0.15, -0.1) is 0 Å². The first kappa shape index (κ1) is 19.0. The molecule has 0 spiro atoms. The van der Waals surface area contributed by atoms with Gasteiger partial charge in [-0.3, -0.25) is 14.5 Å². The monoisotopic (exact) mass is 321 g/mol. The van der Waals surface area contributed by atoms with E-state index in [9.17, 15) is 9.59 Å². The van der Waals surface area contributed by atoms with Gasteiger partial charge in [-0.25, -0.2) is 0 Å². The summed E-state index contributed by atoms with van der Waals surface area (Å²) in [6.07, 6.45) is 0.872. The summed E-state index contributed by atoms with van der Waals surface area (Å²) in [5, 5.41) is 5.47. The molecule has 1 aromatic rings. The Morgan fingerprint density at radius 3 is 2.48 bits per heavy atom. The van der Waals surface area contributed by atoms with Crippen LogP contribution in [0.25, 0.3) is 0 Å². The molecule has 0 aliphatic heterocycles. The topological polar surface area (TPSA) is 70.7 Å². The first-order chi connectivity index (χ1) is 11.0. The first-order valence-electron chi connectivity index (χ1n) is 7.84. The van der Waals surface area contributed by atoms with Crippen LogP contribution in [0.3, 0.4) is 0 Å². The highest BCUT2D eigenvalue weighted by Crippen LogP contribution is 2.12. The fourth-order valence-electron chi connectivity index (χ4n) is 2.10. The molecule has 6 nitrogen and oxygen atoms in total. The Kier molecular flexibility index (Phi) is 8.11. The minimum atomic E-state index is -0.525. The Labute approximate surface area is 138 Å². The van der Waals surface area contributed by atoms with E-state index in [1.54, 1.807) is 14.0 Å². The van der Waals surface area contributed by atoms with Crippen LogP contribution in [0.4, 0.5) is 0 Å². The van der Waals surface area contributed by atoms with E-state index in [1.807, 2.05) is 43.1 Å². The summed E-state index contributed by atoms with van der Waals surface area (Å²) in [5.74, 6) is 0.485. The third-order valence-corrected chi connectivity index (χ3v) is 3.35. The fraction of sp³-hybridized carbons (Fsp3) is 0.529. The standard InChI is InChI=1S/C17H27N3O3/c1-5-10-18-17(22)13(2)19-16(21)12-20(3)11-14-6-8-15(23-4)9-7-14/h6-9,13H,5,10-12H2,1-4H3,(H,18,22)(H,19,21)/t13-/m0/s1. The molecule has 2 N–H and O–H groups in total. The SMILES string of the molecule is CCCNC(=O)[C@H](C)NC(=O)CN(C)Cc1ccc(OC)cc1. The van der Waals surface area contributed by atoms with Crippen LogP contribution in [0.15, 0.2) is 24.3 Å². The van der Waals surface area contributed by atoms with Crippen LogP contribution in [0, 0.1) is 0 Å². The number of nitrogens with one attached hydrogen (secondary N) is 2. The van der Waals surface area contributed by atoms with E-state index in [0.717, 1.165) is 17.7 Å². The van der Waals surface area contributed by atoms with Crippen LogP contribution in [0.5, 0.6) is 5.75 Å². The summed E-state index contributed by atoms with van der Waals surface area (Å²) < 4.78 is 5.12. The van der Waals surface area contributed by atoms with Gasteiger partial charge in [0.15, 0.2) is 0 Å². The van der Waals surface area contributed by atoms with Gasteiger partial charge < -0.3 is 15.4 Å². The van der Waals surface area contributed by atoms with Gasteiger partial charge in [-0.2, -0.15) is 0 Å². The maximum absolute atomic E-state index is 12.0. The quantitative estimate of drug-likeness (QED) is 0.716. The van der Waals surface area contributed by atoms with Gasteiger partial charge in [0.25, 0.3) is 0 Å². The Balaban J connectivity index is 2.38. The number of hydrogen-bond acceptors (Lipinski definition) is 4. The number of rotatable bonds is 9. The van der Waals surface area contributed by atoms with Crippen molar-refractivity contribution in [2.24, 2.45) is 0 Å². The van der Waals surface area contributed by atoms with E-state index in [4.69, 9.17) is 4.74 Å². The van der Waals surface area contributed by atoms with Crippen molar-refractivity contribution < 1.29 is 14.3 Å². The van der Waals surface area contributed by atoms with Crippen LogP contribution < -0.4 is 15.4 Å². The van der Waals surface area contributed by atoms with Crippen LogP contribution >= 0.6 is 0 Å². The van der Waals surface area contributed by atoms with E-state index in [0.29, 0.717) is 13.1 Å². The number of carbonyl (C=O) groups is 2. The third-order valence-electron chi connectivity index (χ3n) is 3.35. The van der Waals surface area contributed by atoms with Gasteiger partial charge in [0.2, 0.25) is 11.8 Å². The summed E-state index contributed by atoms with van der Waals surface area (Å²) in [4.78, 5) is 25.6. The summed E-state index contributed by atoms with van der Waals surface area (Å²) in [7, 11) is 3.49. The molecule has 128 valence electrons. The number of ether oxygens (including phenoxy) is 1. The summed E-state index contributed by atoms with van der Waals surface area (Å²) in [5.41, 5.74) is 1.09. The second-order valence-electron chi connectivity index (χ2n) is 5.60. The molecule has 23 heavy (non-hydrogen) atoms. The van der Waals surface area contributed by atoms with Crippen LogP contribution in [-0.4, -0.2) is 50.0 Å². The average molecular weight is 321 g/mol. The zero-order chi connectivity index (χ0) is 17.2. The number of methoxy groups -OCH3 is 1. The van der Waals surface area contributed by atoms with E-state index < -0.39 is 6.04 Å². The highest BCUT2D eigenvalue weighted by Gasteiger charge is 2.16. The number of benzene rings is 1. The van der Waals surface area contributed by atoms with E-state index >= 15 is 0 Å². The Morgan fingerprint density at radius 2 is 1.91 bits per heavy atom. The number of hydrogen-bond donors (Lipinski definition) is 2. The second kappa shape index (κ2) is 9.84. The van der Waals surface area contributed by atoms with E-state index in [2.05, 4.69) is 10.6 Å². The minimum absolute atomic E-state index is 0.155. The molecule has 0 aliphatic rings. The molecule has 0 unspecified atom stereocenters. The summed E-state index contributed by atoms with van der Waals surface area (Å²) in [6.45, 7) is 5.17. The molecule has 0 radical (unpaired) electrons. The van der Waals surface area contributed by atoms with Gasteiger partial charge in [0, 0.05) is 13.1 Å². The highest BCUT2D eigenvalue weighted by molar-refractivity contribution is 5.87. The Hall–Kier alpha value is -2.08.